The molecule has 0 spiro atoms. The highest BCUT2D eigenvalue weighted by Crippen LogP contribution is 2.22. The van der Waals surface area contributed by atoms with E-state index in [1.54, 1.807) is 11.8 Å². The van der Waals surface area contributed by atoms with Gasteiger partial charge in [0.1, 0.15) is 0 Å². The van der Waals surface area contributed by atoms with Crippen LogP contribution >= 0.6 is 11.8 Å². The second-order valence-corrected chi connectivity index (χ2v) is 4.32. The van der Waals surface area contributed by atoms with Crippen LogP contribution in [0.2, 0.25) is 0 Å². The number of rotatable bonds is 6. The summed E-state index contributed by atoms with van der Waals surface area (Å²) in [5, 5.41) is 0. The van der Waals surface area contributed by atoms with Crippen molar-refractivity contribution < 1.29 is 13.2 Å². The molecule has 0 aromatic rings. The van der Waals surface area contributed by atoms with Crippen molar-refractivity contribution in [2.75, 3.05) is 11.5 Å². The summed E-state index contributed by atoms with van der Waals surface area (Å²) in [5.41, 5.74) is 5.48. The van der Waals surface area contributed by atoms with Crippen molar-refractivity contribution in [1.29, 1.82) is 0 Å². The van der Waals surface area contributed by atoms with Gasteiger partial charge >= 0.3 is 6.18 Å². The monoisotopic (exact) mass is 215 g/mol. The van der Waals surface area contributed by atoms with E-state index in [9.17, 15) is 13.2 Å². The van der Waals surface area contributed by atoms with Crippen LogP contribution in [0.3, 0.4) is 0 Å². The van der Waals surface area contributed by atoms with E-state index in [1.807, 2.05) is 6.92 Å². The number of nitrogens with two attached hydrogens (primary N) is 1. The molecule has 0 radical (unpaired) electrons. The minimum Gasteiger partial charge on any atom is -0.328 e. The molecule has 2 N–H and O–H groups in total. The highest BCUT2D eigenvalue weighted by molar-refractivity contribution is 7.99. The van der Waals surface area contributed by atoms with Gasteiger partial charge in [-0.1, -0.05) is 0 Å². The lowest BCUT2D eigenvalue weighted by Gasteiger charge is -2.06. The Morgan fingerprint density at radius 3 is 2.38 bits per heavy atom. The first-order valence-corrected chi connectivity index (χ1v) is 5.47. The maximum Gasteiger partial charge on any atom is 0.389 e. The van der Waals surface area contributed by atoms with E-state index in [4.69, 9.17) is 5.73 Å². The molecule has 0 aromatic carbocycles. The van der Waals surface area contributed by atoms with Crippen LogP contribution in [-0.4, -0.2) is 23.7 Å². The van der Waals surface area contributed by atoms with E-state index in [0.717, 1.165) is 12.2 Å². The molecule has 0 bridgehead atoms. The summed E-state index contributed by atoms with van der Waals surface area (Å²) in [6.07, 6.45) is -3.58. The van der Waals surface area contributed by atoms with E-state index in [1.165, 1.54) is 0 Å². The molecule has 0 fully saturated rings. The number of alkyl halides is 3. The second kappa shape index (κ2) is 6.54. The molecule has 1 atom stereocenters. The largest absolute Gasteiger partial charge is 0.389 e. The Kier molecular flexibility index (Phi) is 6.59. The average molecular weight is 215 g/mol. The summed E-state index contributed by atoms with van der Waals surface area (Å²) in [5.74, 6) is 1.43. The lowest BCUT2D eigenvalue weighted by Crippen LogP contribution is -2.15. The van der Waals surface area contributed by atoms with Crippen LogP contribution in [0.15, 0.2) is 0 Å². The zero-order valence-electron chi connectivity index (χ0n) is 7.73. The standard InChI is InChI=1S/C8H16F3NS/c1-7(12)3-6-13-5-2-4-8(9,10)11/h7H,2-6,12H2,1H3. The number of hydrogen-bond acceptors (Lipinski definition) is 2. The van der Waals surface area contributed by atoms with Crippen LogP contribution in [0.25, 0.3) is 0 Å². The van der Waals surface area contributed by atoms with E-state index in [-0.39, 0.29) is 12.5 Å². The van der Waals surface area contributed by atoms with Crippen LogP contribution in [0, 0.1) is 0 Å². The lowest BCUT2D eigenvalue weighted by molar-refractivity contribution is -0.134. The molecular formula is C8H16F3NS. The maximum absolute atomic E-state index is 11.7. The van der Waals surface area contributed by atoms with Crippen molar-refractivity contribution in [3.8, 4) is 0 Å². The maximum atomic E-state index is 11.7. The minimum atomic E-state index is -4.00. The third kappa shape index (κ3) is 12.1. The zero-order valence-corrected chi connectivity index (χ0v) is 8.55. The van der Waals surface area contributed by atoms with Gasteiger partial charge in [0.25, 0.3) is 0 Å². The van der Waals surface area contributed by atoms with Gasteiger partial charge in [-0.3, -0.25) is 0 Å². The van der Waals surface area contributed by atoms with Gasteiger partial charge < -0.3 is 5.73 Å². The molecule has 0 amide bonds. The molecule has 80 valence electrons. The molecule has 0 aliphatic heterocycles. The highest BCUT2D eigenvalue weighted by atomic mass is 32.2. The van der Waals surface area contributed by atoms with Gasteiger partial charge in [-0.25, -0.2) is 0 Å². The van der Waals surface area contributed by atoms with Crippen molar-refractivity contribution in [2.24, 2.45) is 5.73 Å². The van der Waals surface area contributed by atoms with Gasteiger partial charge in [0.15, 0.2) is 0 Å². The first kappa shape index (κ1) is 13.1. The number of halogens is 3. The first-order valence-electron chi connectivity index (χ1n) is 4.32. The summed E-state index contributed by atoms with van der Waals surface area (Å²) < 4.78 is 35.0. The molecule has 0 rings (SSSR count). The summed E-state index contributed by atoms with van der Waals surface area (Å²) >= 11 is 1.54. The lowest BCUT2D eigenvalue weighted by atomic mass is 10.3. The van der Waals surface area contributed by atoms with Crippen molar-refractivity contribution in [2.45, 2.75) is 38.4 Å². The molecular weight excluding hydrogens is 199 g/mol. The van der Waals surface area contributed by atoms with Crippen molar-refractivity contribution in [1.82, 2.24) is 0 Å². The van der Waals surface area contributed by atoms with Gasteiger partial charge in [-0.2, -0.15) is 24.9 Å². The Balaban J connectivity index is 3.09. The van der Waals surface area contributed by atoms with Crippen LogP contribution < -0.4 is 5.73 Å². The number of hydrogen-bond donors (Lipinski definition) is 1. The minimum absolute atomic E-state index is 0.148. The quantitative estimate of drug-likeness (QED) is 0.689. The Bertz CT molecular complexity index is 125. The van der Waals surface area contributed by atoms with Crippen LogP contribution in [-0.2, 0) is 0 Å². The Morgan fingerprint density at radius 1 is 1.31 bits per heavy atom. The normalized spacial score (nSPS) is 14.5. The third-order valence-electron chi connectivity index (χ3n) is 1.47. The second-order valence-electron chi connectivity index (χ2n) is 3.10. The van der Waals surface area contributed by atoms with Gasteiger partial charge in [-0.15, -0.1) is 0 Å². The van der Waals surface area contributed by atoms with Gasteiger partial charge in [0, 0.05) is 12.5 Å². The summed E-state index contributed by atoms with van der Waals surface area (Å²) in [4.78, 5) is 0. The Labute approximate surface area is 81.3 Å². The van der Waals surface area contributed by atoms with Crippen LogP contribution in [0.4, 0.5) is 13.2 Å². The van der Waals surface area contributed by atoms with Gasteiger partial charge in [0.05, 0.1) is 0 Å². The third-order valence-corrected chi connectivity index (χ3v) is 2.57. The van der Waals surface area contributed by atoms with Gasteiger partial charge in [0.2, 0.25) is 0 Å². The SMILES string of the molecule is CC(N)CCSCCCC(F)(F)F. The molecule has 5 heteroatoms. The molecule has 13 heavy (non-hydrogen) atoms. The fraction of sp³-hybridized carbons (Fsp3) is 1.00. The fourth-order valence-electron chi connectivity index (χ4n) is 0.746. The molecule has 0 heterocycles. The Morgan fingerprint density at radius 2 is 1.92 bits per heavy atom. The topological polar surface area (TPSA) is 26.0 Å². The predicted molar refractivity (Wildman–Crippen MR) is 50.9 cm³/mol. The Hall–Kier alpha value is 0.100. The molecule has 0 aromatic heterocycles. The zero-order chi connectivity index (χ0) is 10.3. The van der Waals surface area contributed by atoms with E-state index in [2.05, 4.69) is 0 Å². The average Bonchev–Trinajstić information content (AvgIpc) is 1.93. The summed E-state index contributed by atoms with van der Waals surface area (Å²) in [6.45, 7) is 1.90. The van der Waals surface area contributed by atoms with E-state index < -0.39 is 12.6 Å². The van der Waals surface area contributed by atoms with Crippen LogP contribution in [0.5, 0.6) is 0 Å². The van der Waals surface area contributed by atoms with Crippen LogP contribution in [0.1, 0.15) is 26.2 Å². The smallest absolute Gasteiger partial charge is 0.328 e. The summed E-state index contributed by atoms with van der Waals surface area (Å²) in [6, 6.07) is 0.148. The molecule has 0 aliphatic rings. The fourth-order valence-corrected chi connectivity index (χ4v) is 1.84. The van der Waals surface area contributed by atoms with Gasteiger partial charge in [-0.05, 0) is 31.3 Å². The van der Waals surface area contributed by atoms with Crippen molar-refractivity contribution in [3.05, 3.63) is 0 Å². The molecule has 0 saturated heterocycles. The highest BCUT2D eigenvalue weighted by Gasteiger charge is 2.25. The van der Waals surface area contributed by atoms with Crippen molar-refractivity contribution in [3.63, 3.8) is 0 Å². The predicted octanol–water partition coefficient (Wildman–Crippen LogP) is 2.80. The first-order chi connectivity index (χ1) is 5.92. The van der Waals surface area contributed by atoms with Crippen molar-refractivity contribution >= 4 is 11.8 Å². The molecule has 1 nitrogen and oxygen atoms in total. The molecule has 0 saturated carbocycles. The number of thioether (sulfide) groups is 1. The molecule has 0 aliphatic carbocycles. The van der Waals surface area contributed by atoms with E-state index >= 15 is 0 Å². The van der Waals surface area contributed by atoms with E-state index in [0.29, 0.717) is 5.75 Å². The molecule has 1 unspecified atom stereocenters. The summed E-state index contributed by atoms with van der Waals surface area (Å²) in [7, 11) is 0.